The molecule has 1 aromatic heterocycles. The van der Waals surface area contributed by atoms with E-state index in [-0.39, 0.29) is 17.9 Å². The Balaban J connectivity index is 1.14. The first kappa shape index (κ1) is 27.1. The number of hydrogen-bond donors (Lipinski definition) is 1. The van der Waals surface area contributed by atoms with Gasteiger partial charge in [0.15, 0.2) is 16.6 Å². The molecule has 0 spiro atoms. The largest absolute Gasteiger partial charge is 0.493 e. The summed E-state index contributed by atoms with van der Waals surface area (Å²) in [5.41, 5.74) is 1.98. The van der Waals surface area contributed by atoms with Crippen molar-refractivity contribution in [2.45, 2.75) is 76.7 Å². The normalized spacial score (nSPS) is 19.1. The first-order valence-corrected chi connectivity index (χ1v) is 15.4. The minimum atomic E-state index is -0.130. The van der Waals surface area contributed by atoms with Crippen LogP contribution in [-0.4, -0.2) is 45.8 Å². The molecule has 38 heavy (non-hydrogen) atoms. The van der Waals surface area contributed by atoms with Gasteiger partial charge < -0.3 is 14.8 Å². The Morgan fingerprint density at radius 1 is 1.18 bits per heavy atom. The Kier molecular flexibility index (Phi) is 9.01. The van der Waals surface area contributed by atoms with Gasteiger partial charge in [-0.1, -0.05) is 36.5 Å². The molecule has 10 heteroatoms. The predicted molar refractivity (Wildman–Crippen MR) is 157 cm³/mol. The number of rotatable bonds is 9. The number of carbonyl (C=O) groups excluding carboxylic acids is 2. The summed E-state index contributed by atoms with van der Waals surface area (Å²) in [6.45, 7) is 0.404. The van der Waals surface area contributed by atoms with E-state index in [1.165, 1.54) is 42.3 Å². The molecule has 1 N–H and O–H groups in total. The van der Waals surface area contributed by atoms with Crippen LogP contribution in [0.15, 0.2) is 23.1 Å². The molecule has 2 heterocycles. The van der Waals surface area contributed by atoms with Crippen LogP contribution in [0.2, 0.25) is 0 Å². The second kappa shape index (κ2) is 12.6. The van der Waals surface area contributed by atoms with Crippen LogP contribution in [0.5, 0.6) is 11.5 Å². The number of thiazole rings is 1. The number of aromatic nitrogens is 1. The Morgan fingerprint density at radius 2 is 2.00 bits per heavy atom. The predicted octanol–water partition coefficient (Wildman–Crippen LogP) is 6.36. The number of amides is 2. The van der Waals surface area contributed by atoms with Crippen molar-refractivity contribution < 1.29 is 19.1 Å². The van der Waals surface area contributed by atoms with Crippen LogP contribution in [0.1, 0.15) is 73.9 Å². The molecular weight excluding hydrogens is 539 g/mol. The van der Waals surface area contributed by atoms with Crippen LogP contribution in [0.25, 0.3) is 6.08 Å². The summed E-state index contributed by atoms with van der Waals surface area (Å²) in [5.74, 6) is 1.18. The fourth-order valence-electron chi connectivity index (χ4n) is 5.06. The highest BCUT2D eigenvalue weighted by Gasteiger charge is 2.32. The van der Waals surface area contributed by atoms with E-state index in [2.05, 4.69) is 10.3 Å². The molecule has 0 unspecified atom stereocenters. The third-order valence-electron chi connectivity index (χ3n) is 7.08. The summed E-state index contributed by atoms with van der Waals surface area (Å²) in [4.78, 5) is 33.5. The molecule has 0 radical (unpaired) electrons. The fraction of sp³-hybridized carbons (Fsp3) is 0.500. The SMILES string of the molecule is COc1cc(/C=C2\SC(=S)N(CCCC(=O)Nc3nc4c(s3)CCCC4)C2=O)ccc1OC1CCCCC1. The van der Waals surface area contributed by atoms with Crippen molar-refractivity contribution in [2.75, 3.05) is 19.0 Å². The zero-order chi connectivity index (χ0) is 26.5. The summed E-state index contributed by atoms with van der Waals surface area (Å²) in [7, 11) is 1.63. The maximum atomic E-state index is 13.1. The number of thiocarbonyl (C=S) groups is 1. The molecule has 3 aliphatic rings. The number of carbonyl (C=O) groups is 2. The summed E-state index contributed by atoms with van der Waals surface area (Å²) < 4.78 is 12.3. The van der Waals surface area contributed by atoms with Crippen molar-refractivity contribution in [2.24, 2.45) is 0 Å². The number of fused-ring (bicyclic) bond motifs is 1. The average Bonchev–Trinajstić information content (AvgIpc) is 3.45. The Hall–Kier alpha value is -2.43. The molecule has 1 saturated heterocycles. The van der Waals surface area contributed by atoms with Crippen molar-refractivity contribution in [1.82, 2.24) is 9.88 Å². The molecule has 7 nitrogen and oxygen atoms in total. The first-order chi connectivity index (χ1) is 18.5. The van der Waals surface area contributed by atoms with Gasteiger partial charge in [0.25, 0.3) is 5.91 Å². The maximum Gasteiger partial charge on any atom is 0.266 e. The van der Waals surface area contributed by atoms with Gasteiger partial charge in [0, 0.05) is 17.8 Å². The molecule has 0 bridgehead atoms. The topological polar surface area (TPSA) is 80.8 Å². The number of hydrogen-bond acceptors (Lipinski definition) is 8. The van der Waals surface area contributed by atoms with Crippen molar-refractivity contribution in [3.8, 4) is 11.5 Å². The molecule has 5 rings (SSSR count). The zero-order valence-electron chi connectivity index (χ0n) is 21.6. The van der Waals surface area contributed by atoms with E-state index in [1.807, 2.05) is 24.3 Å². The number of nitrogens with one attached hydrogen (secondary N) is 1. The number of ether oxygens (including phenoxy) is 2. The van der Waals surface area contributed by atoms with Gasteiger partial charge in [0.2, 0.25) is 5.91 Å². The Labute approximate surface area is 237 Å². The molecule has 1 aromatic carbocycles. The molecule has 202 valence electrons. The van der Waals surface area contributed by atoms with Gasteiger partial charge in [0.05, 0.1) is 23.8 Å². The third-order valence-corrected chi connectivity index (χ3v) is 9.53. The molecular formula is C28H33N3O4S3. The monoisotopic (exact) mass is 571 g/mol. The molecule has 1 saturated carbocycles. The van der Waals surface area contributed by atoms with Crippen LogP contribution in [0, 0.1) is 0 Å². The average molecular weight is 572 g/mol. The van der Waals surface area contributed by atoms with Gasteiger partial charge in [-0.15, -0.1) is 11.3 Å². The number of thioether (sulfide) groups is 1. The number of nitrogens with zero attached hydrogens (tertiary/aromatic N) is 2. The molecule has 1 aliphatic heterocycles. The summed E-state index contributed by atoms with van der Waals surface area (Å²) >= 11 is 8.35. The lowest BCUT2D eigenvalue weighted by atomic mass is 9.98. The Bertz CT molecular complexity index is 1210. The molecule has 2 fully saturated rings. The van der Waals surface area contributed by atoms with Gasteiger partial charge in [-0.2, -0.15) is 0 Å². The van der Waals surface area contributed by atoms with E-state index in [0.29, 0.717) is 39.5 Å². The van der Waals surface area contributed by atoms with Gasteiger partial charge in [-0.3, -0.25) is 14.5 Å². The van der Waals surface area contributed by atoms with E-state index in [4.69, 9.17) is 21.7 Å². The van der Waals surface area contributed by atoms with Crippen molar-refractivity contribution in [3.63, 3.8) is 0 Å². The van der Waals surface area contributed by atoms with E-state index in [9.17, 15) is 9.59 Å². The third kappa shape index (κ3) is 6.58. The molecule has 0 atom stereocenters. The highest BCUT2D eigenvalue weighted by Crippen LogP contribution is 2.36. The smallest absolute Gasteiger partial charge is 0.266 e. The minimum Gasteiger partial charge on any atom is -0.493 e. The standard InChI is InChI=1S/C28H33N3O4S3/c1-34-22-16-18(13-14-21(22)35-19-8-3-2-4-9-19)17-24-26(33)31(28(36)38-24)15-7-12-25(32)30-27-29-20-10-5-6-11-23(20)37-27/h13-14,16-17,19H,2-12,15H2,1H3,(H,29,30,32)/b24-17-. The minimum absolute atomic E-state index is 0.0836. The van der Waals surface area contributed by atoms with Crippen LogP contribution >= 0.6 is 35.3 Å². The number of aryl methyl sites for hydroxylation is 2. The highest BCUT2D eigenvalue weighted by molar-refractivity contribution is 8.26. The number of benzene rings is 1. The van der Waals surface area contributed by atoms with E-state index in [0.717, 1.165) is 49.1 Å². The van der Waals surface area contributed by atoms with Crippen molar-refractivity contribution in [3.05, 3.63) is 39.2 Å². The van der Waals surface area contributed by atoms with E-state index < -0.39 is 0 Å². The number of anilines is 1. The van der Waals surface area contributed by atoms with Crippen LogP contribution < -0.4 is 14.8 Å². The Morgan fingerprint density at radius 3 is 2.79 bits per heavy atom. The number of methoxy groups -OCH3 is 1. The van der Waals surface area contributed by atoms with Crippen molar-refractivity contribution in [1.29, 1.82) is 0 Å². The molecule has 2 aliphatic carbocycles. The van der Waals surface area contributed by atoms with Gasteiger partial charge in [0.1, 0.15) is 4.32 Å². The summed E-state index contributed by atoms with van der Waals surface area (Å²) in [6.07, 6.45) is 13.1. The van der Waals surface area contributed by atoms with Gasteiger partial charge in [-0.25, -0.2) is 4.98 Å². The van der Waals surface area contributed by atoms with Crippen LogP contribution in [0.3, 0.4) is 0 Å². The molecule has 2 aromatic rings. The van der Waals surface area contributed by atoms with Crippen molar-refractivity contribution >= 4 is 62.7 Å². The summed E-state index contributed by atoms with van der Waals surface area (Å²) in [6, 6.07) is 5.75. The lowest BCUT2D eigenvalue weighted by Crippen LogP contribution is -2.29. The zero-order valence-corrected chi connectivity index (χ0v) is 24.1. The summed E-state index contributed by atoms with van der Waals surface area (Å²) in [5, 5.41) is 3.60. The second-order valence-electron chi connectivity index (χ2n) is 9.87. The lowest BCUT2D eigenvalue weighted by Gasteiger charge is -2.24. The van der Waals surface area contributed by atoms with Crippen LogP contribution in [-0.2, 0) is 22.4 Å². The van der Waals surface area contributed by atoms with E-state index in [1.54, 1.807) is 23.3 Å². The van der Waals surface area contributed by atoms with Gasteiger partial charge >= 0.3 is 0 Å². The lowest BCUT2D eigenvalue weighted by molar-refractivity contribution is -0.122. The highest BCUT2D eigenvalue weighted by atomic mass is 32.2. The first-order valence-electron chi connectivity index (χ1n) is 13.4. The van der Waals surface area contributed by atoms with Crippen LogP contribution in [0.4, 0.5) is 5.13 Å². The maximum absolute atomic E-state index is 13.1. The second-order valence-corrected chi connectivity index (χ2v) is 12.6. The van der Waals surface area contributed by atoms with E-state index >= 15 is 0 Å². The fourth-order valence-corrected chi connectivity index (χ4v) is 7.44. The quantitative estimate of drug-likeness (QED) is 0.277. The van der Waals surface area contributed by atoms with Gasteiger partial charge in [-0.05, 0) is 81.6 Å². The molecule has 2 amide bonds.